The molecule has 1 N–H and O–H groups in total. The molecule has 2 unspecified atom stereocenters. The number of aliphatic hydroxyl groups is 1. The van der Waals surface area contributed by atoms with E-state index in [4.69, 9.17) is 16.3 Å². The number of halogens is 1. The molecule has 1 aliphatic heterocycles. The number of alkyl halides is 1. The molecule has 3 heteroatoms. The molecule has 1 aromatic carbocycles. The van der Waals surface area contributed by atoms with Crippen molar-refractivity contribution >= 4 is 11.6 Å². The number of benzene rings is 1. The molecule has 1 saturated heterocycles. The minimum Gasteiger partial charge on any atom is -0.385 e. The van der Waals surface area contributed by atoms with E-state index < -0.39 is 5.60 Å². The van der Waals surface area contributed by atoms with Gasteiger partial charge in [0.05, 0.1) is 16.8 Å². The molecule has 1 aromatic rings. The van der Waals surface area contributed by atoms with Crippen LogP contribution in [-0.4, -0.2) is 22.2 Å². The van der Waals surface area contributed by atoms with Crippen LogP contribution in [0.3, 0.4) is 0 Å². The molecule has 0 aliphatic carbocycles. The van der Waals surface area contributed by atoms with E-state index in [-0.39, 0.29) is 17.1 Å². The van der Waals surface area contributed by atoms with Gasteiger partial charge in [-0.05, 0) is 46.1 Å². The van der Waals surface area contributed by atoms with Crippen LogP contribution in [0.5, 0.6) is 0 Å². The van der Waals surface area contributed by atoms with E-state index in [9.17, 15) is 5.11 Å². The fourth-order valence-electron chi connectivity index (χ4n) is 3.70. The highest BCUT2D eigenvalue weighted by Gasteiger charge is 2.55. The molecule has 1 heterocycles. The third-order valence-electron chi connectivity index (χ3n) is 4.40. The van der Waals surface area contributed by atoms with Crippen LogP contribution in [0.25, 0.3) is 0 Å². The van der Waals surface area contributed by atoms with Gasteiger partial charge in [-0.15, -0.1) is 11.6 Å². The van der Waals surface area contributed by atoms with Gasteiger partial charge < -0.3 is 9.84 Å². The molecule has 0 radical (unpaired) electrons. The monoisotopic (exact) mass is 296 g/mol. The molecule has 0 aromatic heterocycles. The van der Waals surface area contributed by atoms with Gasteiger partial charge >= 0.3 is 0 Å². The standard InChI is InChI=1S/C17H25ClO2/c1-15(2)12-14(16(3,4)20-15)17(19,10-11-18)13-8-6-5-7-9-13/h5-9,14,19H,10-12H2,1-4H3. The molecule has 2 nitrogen and oxygen atoms in total. The highest BCUT2D eigenvalue weighted by atomic mass is 35.5. The summed E-state index contributed by atoms with van der Waals surface area (Å²) < 4.78 is 6.16. The zero-order valence-electron chi connectivity index (χ0n) is 12.8. The summed E-state index contributed by atoms with van der Waals surface area (Å²) in [6.45, 7) is 8.30. The maximum absolute atomic E-state index is 11.4. The van der Waals surface area contributed by atoms with Crippen molar-refractivity contribution in [1.82, 2.24) is 0 Å². The maximum Gasteiger partial charge on any atom is 0.0964 e. The van der Waals surface area contributed by atoms with Crippen LogP contribution >= 0.6 is 11.6 Å². The van der Waals surface area contributed by atoms with Crippen molar-refractivity contribution in [3.8, 4) is 0 Å². The molecule has 0 bridgehead atoms. The second kappa shape index (κ2) is 5.32. The molecule has 20 heavy (non-hydrogen) atoms. The van der Waals surface area contributed by atoms with Crippen molar-refractivity contribution in [3.63, 3.8) is 0 Å². The second-order valence-corrected chi connectivity index (χ2v) is 7.33. The zero-order chi connectivity index (χ0) is 15.0. The quantitative estimate of drug-likeness (QED) is 0.848. The summed E-state index contributed by atoms with van der Waals surface area (Å²) in [5, 5.41) is 11.4. The Labute approximate surface area is 127 Å². The third kappa shape index (κ3) is 2.88. The predicted molar refractivity (Wildman–Crippen MR) is 83.0 cm³/mol. The Morgan fingerprint density at radius 2 is 1.85 bits per heavy atom. The number of hydrogen-bond acceptors (Lipinski definition) is 2. The summed E-state index contributed by atoms with van der Waals surface area (Å²) in [4.78, 5) is 0. The van der Waals surface area contributed by atoms with Crippen LogP contribution in [0.4, 0.5) is 0 Å². The molecule has 1 fully saturated rings. The first-order valence-corrected chi connectivity index (χ1v) is 7.79. The Hall–Kier alpha value is -0.570. The highest BCUT2D eigenvalue weighted by molar-refractivity contribution is 6.17. The molecule has 0 amide bonds. The fourth-order valence-corrected chi connectivity index (χ4v) is 3.98. The zero-order valence-corrected chi connectivity index (χ0v) is 13.6. The normalized spacial score (nSPS) is 27.2. The first kappa shape index (κ1) is 15.8. The number of hydrogen-bond donors (Lipinski definition) is 1. The van der Waals surface area contributed by atoms with E-state index >= 15 is 0 Å². The van der Waals surface area contributed by atoms with Gasteiger partial charge in [0.25, 0.3) is 0 Å². The molecule has 1 aliphatic rings. The van der Waals surface area contributed by atoms with Crippen molar-refractivity contribution in [1.29, 1.82) is 0 Å². The van der Waals surface area contributed by atoms with E-state index in [0.29, 0.717) is 12.3 Å². The van der Waals surface area contributed by atoms with Gasteiger partial charge in [0.15, 0.2) is 0 Å². The van der Waals surface area contributed by atoms with Crippen LogP contribution in [0.1, 0.15) is 46.1 Å². The Balaban J connectivity index is 2.43. The summed E-state index contributed by atoms with van der Waals surface area (Å²) in [6.07, 6.45) is 1.36. The molecular formula is C17H25ClO2. The topological polar surface area (TPSA) is 29.5 Å². The minimum atomic E-state index is -0.944. The lowest BCUT2D eigenvalue weighted by atomic mass is 9.70. The average Bonchev–Trinajstić information content (AvgIpc) is 2.59. The van der Waals surface area contributed by atoms with E-state index in [1.165, 1.54) is 0 Å². The average molecular weight is 297 g/mol. The summed E-state index contributed by atoms with van der Waals surface area (Å²) in [7, 11) is 0. The summed E-state index contributed by atoms with van der Waals surface area (Å²) in [5.41, 5.74) is -0.607. The van der Waals surface area contributed by atoms with Crippen molar-refractivity contribution in [2.75, 3.05) is 5.88 Å². The Bertz CT molecular complexity index is 455. The van der Waals surface area contributed by atoms with Crippen molar-refractivity contribution in [2.45, 2.75) is 57.3 Å². The molecular weight excluding hydrogens is 272 g/mol. The Morgan fingerprint density at radius 3 is 2.30 bits per heavy atom. The summed E-state index contributed by atoms with van der Waals surface area (Å²) >= 11 is 5.98. The van der Waals surface area contributed by atoms with E-state index in [1.807, 2.05) is 30.3 Å². The predicted octanol–water partition coefficient (Wildman–Crippen LogP) is 4.10. The van der Waals surface area contributed by atoms with Gasteiger partial charge in [-0.3, -0.25) is 0 Å². The van der Waals surface area contributed by atoms with Gasteiger partial charge in [-0.2, -0.15) is 0 Å². The fraction of sp³-hybridized carbons (Fsp3) is 0.647. The lowest BCUT2D eigenvalue weighted by Gasteiger charge is -2.40. The van der Waals surface area contributed by atoms with Crippen LogP contribution in [0.2, 0.25) is 0 Å². The number of ether oxygens (including phenoxy) is 1. The van der Waals surface area contributed by atoms with E-state index in [0.717, 1.165) is 12.0 Å². The second-order valence-electron chi connectivity index (χ2n) is 6.95. The molecule has 2 atom stereocenters. The van der Waals surface area contributed by atoms with Gasteiger partial charge in [-0.25, -0.2) is 0 Å². The largest absolute Gasteiger partial charge is 0.385 e. The Morgan fingerprint density at radius 1 is 1.25 bits per heavy atom. The smallest absolute Gasteiger partial charge is 0.0964 e. The third-order valence-corrected chi connectivity index (χ3v) is 4.59. The summed E-state index contributed by atoms with van der Waals surface area (Å²) in [6, 6.07) is 9.84. The molecule has 0 spiro atoms. The first-order valence-electron chi connectivity index (χ1n) is 7.25. The lowest BCUT2D eigenvalue weighted by molar-refractivity contribution is -0.117. The van der Waals surface area contributed by atoms with Crippen LogP contribution < -0.4 is 0 Å². The van der Waals surface area contributed by atoms with Gasteiger partial charge in [0.2, 0.25) is 0 Å². The molecule has 112 valence electrons. The van der Waals surface area contributed by atoms with Crippen molar-refractivity contribution in [2.24, 2.45) is 5.92 Å². The van der Waals surface area contributed by atoms with Crippen LogP contribution in [0, 0.1) is 5.92 Å². The molecule has 2 rings (SSSR count). The van der Waals surface area contributed by atoms with E-state index in [2.05, 4.69) is 27.7 Å². The molecule has 0 saturated carbocycles. The number of rotatable bonds is 4. The van der Waals surface area contributed by atoms with Crippen LogP contribution in [-0.2, 0) is 10.3 Å². The van der Waals surface area contributed by atoms with Gasteiger partial charge in [0.1, 0.15) is 0 Å². The van der Waals surface area contributed by atoms with Gasteiger partial charge in [0, 0.05) is 11.8 Å². The minimum absolute atomic E-state index is 0.0196. The SMILES string of the molecule is CC1(C)CC(C(O)(CCCl)c2ccccc2)C(C)(C)O1. The van der Waals surface area contributed by atoms with Crippen LogP contribution in [0.15, 0.2) is 30.3 Å². The maximum atomic E-state index is 11.4. The lowest BCUT2D eigenvalue weighted by Crippen LogP contribution is -2.45. The van der Waals surface area contributed by atoms with Crippen molar-refractivity contribution < 1.29 is 9.84 Å². The highest BCUT2D eigenvalue weighted by Crippen LogP contribution is 2.51. The summed E-state index contributed by atoms with van der Waals surface area (Å²) in [5.74, 6) is 0.449. The Kier molecular flexibility index (Phi) is 4.21. The van der Waals surface area contributed by atoms with E-state index in [1.54, 1.807) is 0 Å². The first-order chi connectivity index (χ1) is 9.21. The van der Waals surface area contributed by atoms with Crippen molar-refractivity contribution in [3.05, 3.63) is 35.9 Å². The van der Waals surface area contributed by atoms with Gasteiger partial charge in [-0.1, -0.05) is 30.3 Å².